The SMILES string of the molecule is NC(=O)C1=CNC(Nc2ccc(NCC3CCNCC3)cc2)C=C1NCc1cc(F)cc(F)c1. The molecule has 0 spiro atoms. The van der Waals surface area contributed by atoms with Gasteiger partial charge in [-0.25, -0.2) is 8.78 Å². The van der Waals surface area contributed by atoms with Crippen molar-refractivity contribution >= 4 is 17.3 Å². The summed E-state index contributed by atoms with van der Waals surface area (Å²) in [5, 5.41) is 16.4. The van der Waals surface area contributed by atoms with Gasteiger partial charge in [0.2, 0.25) is 0 Å². The lowest BCUT2D eigenvalue weighted by Gasteiger charge is -2.25. The van der Waals surface area contributed by atoms with Crippen molar-refractivity contribution in [2.45, 2.75) is 25.6 Å². The molecule has 1 unspecified atom stereocenters. The summed E-state index contributed by atoms with van der Waals surface area (Å²) in [4.78, 5) is 11.8. The monoisotopic (exact) mass is 468 g/mol. The minimum absolute atomic E-state index is 0.134. The van der Waals surface area contributed by atoms with E-state index >= 15 is 0 Å². The van der Waals surface area contributed by atoms with Crippen LogP contribution in [-0.4, -0.2) is 31.7 Å². The van der Waals surface area contributed by atoms with Gasteiger partial charge in [-0.15, -0.1) is 0 Å². The van der Waals surface area contributed by atoms with Gasteiger partial charge >= 0.3 is 0 Å². The highest BCUT2D eigenvalue weighted by Crippen LogP contribution is 2.19. The minimum Gasteiger partial charge on any atom is -0.385 e. The van der Waals surface area contributed by atoms with Crippen LogP contribution in [0.2, 0.25) is 0 Å². The lowest BCUT2D eigenvalue weighted by atomic mass is 9.98. The summed E-state index contributed by atoms with van der Waals surface area (Å²) < 4.78 is 27.0. The van der Waals surface area contributed by atoms with Crippen molar-refractivity contribution in [3.8, 4) is 0 Å². The molecule has 0 aliphatic carbocycles. The molecule has 1 fully saturated rings. The van der Waals surface area contributed by atoms with Crippen LogP contribution < -0.4 is 32.3 Å². The molecule has 1 saturated heterocycles. The molecule has 0 radical (unpaired) electrons. The third kappa shape index (κ3) is 6.48. The van der Waals surface area contributed by atoms with E-state index in [9.17, 15) is 13.6 Å². The average molecular weight is 469 g/mol. The number of dihydropyridines is 1. The van der Waals surface area contributed by atoms with Crippen LogP contribution in [0.4, 0.5) is 20.2 Å². The van der Waals surface area contributed by atoms with Gasteiger partial charge in [0.1, 0.15) is 17.8 Å². The molecule has 7 nitrogen and oxygen atoms in total. The predicted molar refractivity (Wildman–Crippen MR) is 130 cm³/mol. The number of nitrogens with one attached hydrogen (secondary N) is 5. The number of anilines is 2. The third-order valence-electron chi connectivity index (χ3n) is 5.96. The van der Waals surface area contributed by atoms with Crippen LogP contribution in [0.15, 0.2) is 66.0 Å². The van der Waals surface area contributed by atoms with Gasteiger partial charge in [-0.2, -0.15) is 0 Å². The first kappa shape index (κ1) is 23.6. The Morgan fingerprint density at radius 3 is 2.35 bits per heavy atom. The largest absolute Gasteiger partial charge is 0.385 e. The molecule has 1 amide bonds. The zero-order valence-electron chi connectivity index (χ0n) is 18.8. The maximum absolute atomic E-state index is 13.5. The number of primary amides is 1. The van der Waals surface area contributed by atoms with Crippen molar-refractivity contribution < 1.29 is 13.6 Å². The highest BCUT2D eigenvalue weighted by Gasteiger charge is 2.19. The Hall–Kier alpha value is -3.59. The van der Waals surface area contributed by atoms with Crippen LogP contribution in [-0.2, 0) is 11.3 Å². The smallest absolute Gasteiger partial charge is 0.252 e. The standard InChI is InChI=1S/C25H30F2N6O/c26-18-9-17(10-19(27)11-18)14-31-23-12-24(32-15-22(23)25(28)34)33-21-3-1-20(2-4-21)30-13-16-5-7-29-8-6-16/h1-4,9-12,15-16,24,29-33H,5-8,13-14H2,(H2,28,34). The summed E-state index contributed by atoms with van der Waals surface area (Å²) in [6, 6.07) is 11.3. The number of halogens is 2. The number of hydrogen-bond donors (Lipinski definition) is 6. The highest BCUT2D eigenvalue weighted by molar-refractivity contribution is 5.96. The Kier molecular flexibility index (Phi) is 7.64. The number of carbonyl (C=O) groups excluding carboxylic acids is 1. The van der Waals surface area contributed by atoms with Crippen molar-refractivity contribution in [3.05, 3.63) is 83.2 Å². The van der Waals surface area contributed by atoms with Gasteiger partial charge in [-0.3, -0.25) is 4.79 Å². The van der Waals surface area contributed by atoms with Gasteiger partial charge in [0, 0.05) is 42.4 Å². The Morgan fingerprint density at radius 1 is 1.00 bits per heavy atom. The fourth-order valence-electron chi connectivity index (χ4n) is 4.12. The average Bonchev–Trinajstić information content (AvgIpc) is 2.82. The molecule has 34 heavy (non-hydrogen) atoms. The van der Waals surface area contributed by atoms with Crippen molar-refractivity contribution in [2.24, 2.45) is 11.7 Å². The summed E-state index contributed by atoms with van der Waals surface area (Å²) >= 11 is 0. The van der Waals surface area contributed by atoms with E-state index in [0.717, 1.165) is 37.1 Å². The molecule has 2 aliphatic heterocycles. The lowest BCUT2D eigenvalue weighted by molar-refractivity contribution is -0.114. The maximum atomic E-state index is 13.5. The molecule has 2 aromatic carbocycles. The summed E-state index contributed by atoms with van der Waals surface area (Å²) in [5.41, 5.74) is 8.60. The van der Waals surface area contributed by atoms with Crippen LogP contribution in [0, 0.1) is 17.6 Å². The molecule has 2 aromatic rings. The predicted octanol–water partition coefficient (Wildman–Crippen LogP) is 2.76. The summed E-state index contributed by atoms with van der Waals surface area (Å²) in [6.07, 6.45) is 5.38. The van der Waals surface area contributed by atoms with E-state index in [1.165, 1.54) is 31.2 Å². The Balaban J connectivity index is 1.36. The molecule has 0 bridgehead atoms. The first-order valence-corrected chi connectivity index (χ1v) is 11.4. The molecule has 9 heteroatoms. The van der Waals surface area contributed by atoms with Crippen molar-refractivity contribution in [1.29, 1.82) is 0 Å². The Bertz CT molecular complexity index is 1040. The number of amides is 1. The molecule has 0 aromatic heterocycles. The Labute approximate surface area is 197 Å². The van der Waals surface area contributed by atoms with Crippen molar-refractivity contribution in [2.75, 3.05) is 30.3 Å². The van der Waals surface area contributed by atoms with Gasteiger partial charge in [0.05, 0.1) is 5.57 Å². The van der Waals surface area contributed by atoms with Gasteiger partial charge in [0.25, 0.3) is 5.91 Å². The van der Waals surface area contributed by atoms with Crippen LogP contribution in [0.5, 0.6) is 0 Å². The fourth-order valence-corrected chi connectivity index (χ4v) is 4.12. The number of rotatable bonds is 9. The third-order valence-corrected chi connectivity index (χ3v) is 5.96. The summed E-state index contributed by atoms with van der Waals surface area (Å²) in [7, 11) is 0. The molecular formula is C25H30F2N6O. The van der Waals surface area contributed by atoms with E-state index in [4.69, 9.17) is 5.73 Å². The first-order chi connectivity index (χ1) is 16.5. The molecule has 7 N–H and O–H groups in total. The molecule has 1 atom stereocenters. The maximum Gasteiger partial charge on any atom is 0.252 e. The normalized spacial score (nSPS) is 18.4. The number of nitrogens with two attached hydrogens (primary N) is 1. The van der Waals surface area contributed by atoms with Crippen LogP contribution in [0.25, 0.3) is 0 Å². The minimum atomic E-state index is -0.657. The topological polar surface area (TPSA) is 103 Å². The second kappa shape index (κ2) is 11.0. The zero-order valence-corrected chi connectivity index (χ0v) is 18.8. The van der Waals surface area contributed by atoms with E-state index in [0.29, 0.717) is 17.2 Å². The van der Waals surface area contributed by atoms with Crippen LogP contribution in [0.3, 0.4) is 0 Å². The van der Waals surface area contributed by atoms with E-state index < -0.39 is 17.5 Å². The summed E-state index contributed by atoms with van der Waals surface area (Å²) in [5.74, 6) is -1.24. The molecule has 180 valence electrons. The highest BCUT2D eigenvalue weighted by atomic mass is 19.1. The number of benzene rings is 2. The molecule has 2 heterocycles. The van der Waals surface area contributed by atoms with Gasteiger partial charge in [-0.05, 0) is 79.9 Å². The number of carbonyl (C=O) groups is 1. The number of piperidine rings is 1. The zero-order chi connectivity index (χ0) is 23.9. The van der Waals surface area contributed by atoms with Crippen molar-refractivity contribution in [3.63, 3.8) is 0 Å². The van der Waals surface area contributed by atoms with Crippen LogP contribution >= 0.6 is 0 Å². The summed E-state index contributed by atoms with van der Waals surface area (Å²) in [6.45, 7) is 3.26. The van der Waals surface area contributed by atoms with Crippen LogP contribution in [0.1, 0.15) is 18.4 Å². The second-order valence-electron chi connectivity index (χ2n) is 8.57. The first-order valence-electron chi connectivity index (χ1n) is 11.4. The molecular weight excluding hydrogens is 438 g/mol. The van der Waals surface area contributed by atoms with E-state index in [1.807, 2.05) is 24.3 Å². The van der Waals surface area contributed by atoms with Gasteiger partial charge in [0.15, 0.2) is 0 Å². The molecule has 4 rings (SSSR count). The number of hydrogen-bond acceptors (Lipinski definition) is 6. The van der Waals surface area contributed by atoms with Gasteiger partial charge < -0.3 is 32.3 Å². The quantitative estimate of drug-likeness (QED) is 0.338. The van der Waals surface area contributed by atoms with E-state index in [-0.39, 0.29) is 18.3 Å². The second-order valence-corrected chi connectivity index (χ2v) is 8.57. The fraction of sp³-hybridized carbons (Fsp3) is 0.320. The van der Waals surface area contributed by atoms with E-state index in [2.05, 4.69) is 26.6 Å². The van der Waals surface area contributed by atoms with E-state index in [1.54, 1.807) is 6.08 Å². The van der Waals surface area contributed by atoms with Gasteiger partial charge in [-0.1, -0.05) is 0 Å². The Morgan fingerprint density at radius 2 is 1.68 bits per heavy atom. The molecule has 2 aliphatic rings. The van der Waals surface area contributed by atoms with Crippen molar-refractivity contribution in [1.82, 2.24) is 16.0 Å². The lowest BCUT2D eigenvalue weighted by Crippen LogP contribution is -2.38. The molecule has 0 saturated carbocycles.